The summed E-state index contributed by atoms with van der Waals surface area (Å²) < 4.78 is 5.93. The van der Waals surface area contributed by atoms with E-state index in [0.29, 0.717) is 24.9 Å². The maximum absolute atomic E-state index is 13.6. The number of hydrogen-bond acceptors (Lipinski definition) is 6. The van der Waals surface area contributed by atoms with E-state index in [0.717, 1.165) is 22.3 Å². The van der Waals surface area contributed by atoms with E-state index in [4.69, 9.17) is 4.65 Å². The summed E-state index contributed by atoms with van der Waals surface area (Å²) >= 11 is 0. The van der Waals surface area contributed by atoms with E-state index in [1.807, 2.05) is 31.2 Å². The molecular formula is C28H30BNO6. The van der Waals surface area contributed by atoms with Gasteiger partial charge in [-0.05, 0) is 67.8 Å². The van der Waals surface area contributed by atoms with Crippen LogP contribution in [0.15, 0.2) is 71.3 Å². The first-order valence-corrected chi connectivity index (χ1v) is 12.4. The maximum Gasteiger partial charge on any atom is 0.455 e. The summed E-state index contributed by atoms with van der Waals surface area (Å²) in [6, 6.07) is 16.0. The molecule has 0 unspecified atom stereocenters. The Morgan fingerprint density at radius 2 is 1.81 bits per heavy atom. The van der Waals surface area contributed by atoms with Gasteiger partial charge in [0.2, 0.25) is 11.8 Å². The normalized spacial score (nSPS) is 26.4. The van der Waals surface area contributed by atoms with Gasteiger partial charge in [0.15, 0.2) is 0 Å². The number of allylic oxidation sites excluding steroid dienone is 1. The van der Waals surface area contributed by atoms with Crippen molar-refractivity contribution in [2.75, 3.05) is 11.5 Å². The number of fused-ring (bicyclic) bond motifs is 3. The Morgan fingerprint density at radius 3 is 2.53 bits per heavy atom. The molecule has 7 nitrogen and oxygen atoms in total. The molecule has 4 atom stereocenters. The number of rotatable bonds is 6. The molecule has 36 heavy (non-hydrogen) atoms. The van der Waals surface area contributed by atoms with Crippen molar-refractivity contribution < 1.29 is 29.5 Å². The van der Waals surface area contributed by atoms with E-state index in [-0.39, 0.29) is 36.4 Å². The number of carbonyl (C=O) groups is 2. The molecule has 2 aliphatic heterocycles. The third-order valence-electron chi connectivity index (χ3n) is 7.65. The zero-order valence-electron chi connectivity index (χ0n) is 20.2. The van der Waals surface area contributed by atoms with Gasteiger partial charge < -0.3 is 19.9 Å². The van der Waals surface area contributed by atoms with Crippen LogP contribution in [0.4, 0.5) is 5.69 Å². The van der Waals surface area contributed by atoms with Crippen molar-refractivity contribution >= 4 is 30.7 Å². The van der Waals surface area contributed by atoms with Crippen LogP contribution in [-0.2, 0) is 14.2 Å². The summed E-state index contributed by atoms with van der Waals surface area (Å²) in [7, 11) is -1.06. The number of carbonyl (C=O) groups excluding carboxylic acids is 2. The molecule has 2 fully saturated rings. The molecule has 0 saturated carbocycles. The van der Waals surface area contributed by atoms with E-state index in [1.54, 1.807) is 36.4 Å². The summed E-state index contributed by atoms with van der Waals surface area (Å²) in [6.07, 6.45) is 3.15. The van der Waals surface area contributed by atoms with Gasteiger partial charge in [-0.1, -0.05) is 48.0 Å². The minimum absolute atomic E-state index is 0.206. The van der Waals surface area contributed by atoms with Gasteiger partial charge in [0.1, 0.15) is 5.75 Å². The minimum atomic E-state index is -1.06. The lowest BCUT2D eigenvalue weighted by atomic mass is 9.58. The predicted molar refractivity (Wildman–Crippen MR) is 137 cm³/mol. The average molecular weight is 487 g/mol. The van der Waals surface area contributed by atoms with Crippen molar-refractivity contribution in [3.63, 3.8) is 0 Å². The molecule has 3 N–H and O–H groups in total. The largest absolute Gasteiger partial charge is 0.507 e. The van der Waals surface area contributed by atoms with Crippen molar-refractivity contribution in [1.82, 2.24) is 0 Å². The quantitative estimate of drug-likeness (QED) is 0.327. The summed E-state index contributed by atoms with van der Waals surface area (Å²) in [5, 5.41) is 30.9. The van der Waals surface area contributed by atoms with Gasteiger partial charge in [-0.15, -0.1) is 0 Å². The van der Waals surface area contributed by atoms with E-state index < -0.39 is 25.1 Å². The third kappa shape index (κ3) is 4.41. The summed E-state index contributed by atoms with van der Waals surface area (Å²) in [5.74, 6) is -1.80. The fraction of sp³-hybridized carbons (Fsp3) is 0.357. The molecule has 2 aromatic rings. The molecule has 8 heteroatoms. The highest BCUT2D eigenvalue weighted by Gasteiger charge is 2.57. The fourth-order valence-electron chi connectivity index (χ4n) is 6.05. The highest BCUT2D eigenvalue weighted by Crippen LogP contribution is 2.51. The van der Waals surface area contributed by atoms with Gasteiger partial charge in [0.05, 0.1) is 30.2 Å². The molecule has 0 spiro atoms. The zero-order chi connectivity index (χ0) is 25.4. The van der Waals surface area contributed by atoms with Gasteiger partial charge in [-0.2, -0.15) is 0 Å². The highest BCUT2D eigenvalue weighted by molar-refractivity contribution is 6.43. The average Bonchev–Trinajstić information content (AvgIpc) is 3.13. The van der Waals surface area contributed by atoms with Crippen molar-refractivity contribution in [2.24, 2.45) is 17.8 Å². The molecule has 2 saturated heterocycles. The number of aromatic hydroxyl groups is 1. The van der Waals surface area contributed by atoms with Crippen LogP contribution >= 0.6 is 0 Å². The monoisotopic (exact) mass is 487 g/mol. The first-order valence-electron chi connectivity index (χ1n) is 12.4. The van der Waals surface area contributed by atoms with Crippen LogP contribution < -0.4 is 4.90 Å². The van der Waals surface area contributed by atoms with Gasteiger partial charge in [-0.3, -0.25) is 14.5 Å². The van der Waals surface area contributed by atoms with E-state index in [2.05, 4.69) is 0 Å². The van der Waals surface area contributed by atoms with E-state index in [1.165, 1.54) is 4.90 Å². The topological polar surface area (TPSA) is 107 Å². The number of phenols is 1. The SMILES string of the molecule is C/C(=C\c1ccccc1O)CC[C@H]1OB(O)C[C@H]2C1=C(CO)C[C@H]1C(=O)N(c3ccccc3)C(=O)[C@H]12. The number of benzene rings is 2. The molecule has 2 heterocycles. The van der Waals surface area contributed by atoms with Crippen LogP contribution in [0, 0.1) is 17.8 Å². The van der Waals surface area contributed by atoms with Gasteiger partial charge in [-0.25, -0.2) is 0 Å². The number of aliphatic hydroxyl groups is 1. The Morgan fingerprint density at radius 1 is 1.08 bits per heavy atom. The Hall–Kier alpha value is -3.20. The number of para-hydroxylation sites is 2. The molecule has 0 radical (unpaired) electrons. The third-order valence-corrected chi connectivity index (χ3v) is 7.65. The number of phenolic OH excluding ortho intramolecular Hbond substituents is 1. The lowest BCUT2D eigenvalue weighted by Gasteiger charge is -2.42. The fourth-order valence-corrected chi connectivity index (χ4v) is 6.05. The van der Waals surface area contributed by atoms with Gasteiger partial charge >= 0.3 is 7.12 Å². The highest BCUT2D eigenvalue weighted by atomic mass is 16.5. The first-order chi connectivity index (χ1) is 17.4. The second-order valence-corrected chi connectivity index (χ2v) is 9.91. The van der Waals surface area contributed by atoms with Gasteiger partial charge in [0, 0.05) is 5.56 Å². The second-order valence-electron chi connectivity index (χ2n) is 9.91. The van der Waals surface area contributed by atoms with Crippen molar-refractivity contribution in [2.45, 2.75) is 38.6 Å². The van der Waals surface area contributed by atoms with Crippen LogP contribution in [0.3, 0.4) is 0 Å². The van der Waals surface area contributed by atoms with Crippen LogP contribution in [-0.4, -0.2) is 46.9 Å². The number of aliphatic hydroxyl groups excluding tert-OH is 1. The molecular weight excluding hydrogens is 457 g/mol. The number of hydrogen-bond donors (Lipinski definition) is 3. The number of anilines is 1. The molecule has 3 aliphatic rings. The lowest BCUT2D eigenvalue weighted by molar-refractivity contribution is -0.122. The Bertz CT molecular complexity index is 1230. The van der Waals surface area contributed by atoms with Gasteiger partial charge in [0.25, 0.3) is 0 Å². The zero-order valence-corrected chi connectivity index (χ0v) is 20.2. The summed E-state index contributed by atoms with van der Waals surface area (Å²) in [5.41, 5.74) is 3.89. The Balaban J connectivity index is 1.41. The van der Waals surface area contributed by atoms with Crippen LogP contribution in [0.2, 0.25) is 6.32 Å². The smallest absolute Gasteiger partial charge is 0.455 e. The van der Waals surface area contributed by atoms with Crippen molar-refractivity contribution in [3.05, 3.63) is 76.9 Å². The summed E-state index contributed by atoms with van der Waals surface area (Å²) in [4.78, 5) is 28.2. The lowest BCUT2D eigenvalue weighted by Crippen LogP contribution is -2.46. The minimum Gasteiger partial charge on any atom is -0.507 e. The predicted octanol–water partition coefficient (Wildman–Crippen LogP) is 3.57. The second kappa shape index (κ2) is 10.0. The Kier molecular flexibility index (Phi) is 6.84. The van der Waals surface area contributed by atoms with E-state index >= 15 is 0 Å². The number of nitrogens with zero attached hydrogens (tertiary/aromatic N) is 1. The molecule has 0 aromatic heterocycles. The first kappa shape index (κ1) is 24.5. The molecule has 5 rings (SSSR count). The van der Waals surface area contributed by atoms with Crippen molar-refractivity contribution in [1.29, 1.82) is 0 Å². The van der Waals surface area contributed by atoms with E-state index in [9.17, 15) is 24.8 Å². The molecule has 186 valence electrons. The molecule has 2 amide bonds. The van der Waals surface area contributed by atoms with Crippen LogP contribution in [0.1, 0.15) is 31.7 Å². The summed E-state index contributed by atoms with van der Waals surface area (Å²) in [6.45, 7) is 1.75. The molecule has 0 bridgehead atoms. The molecule has 1 aliphatic carbocycles. The number of amides is 2. The van der Waals surface area contributed by atoms with Crippen molar-refractivity contribution in [3.8, 4) is 5.75 Å². The van der Waals surface area contributed by atoms with Crippen LogP contribution in [0.25, 0.3) is 6.08 Å². The van der Waals surface area contributed by atoms with Crippen LogP contribution in [0.5, 0.6) is 5.75 Å². The maximum atomic E-state index is 13.6. The Labute approximate surface area is 210 Å². The molecule has 2 aromatic carbocycles. The standard InChI is InChI=1S/C28H30BNO6/c1-17(13-18-7-5-6-10-23(18)32)11-12-24-25-19(16-31)14-21-26(22(25)15-29(35)36-24)28(34)30(27(21)33)20-8-3-2-4-9-20/h2-10,13,21-22,24,26,31-32,35H,11-12,14-16H2,1H3/b17-13+/t21-,22+,24-,26-/m1/s1. The number of imide groups is 1.